The Kier molecular flexibility index (Phi) is 9.06. The van der Waals surface area contributed by atoms with Crippen LogP contribution in [0.1, 0.15) is 16.7 Å². The summed E-state index contributed by atoms with van der Waals surface area (Å²) in [5.41, 5.74) is -3.03. The maximum Gasteiger partial charge on any atom is 0.493 e. The van der Waals surface area contributed by atoms with Crippen molar-refractivity contribution in [2.24, 2.45) is 0 Å². The summed E-state index contributed by atoms with van der Waals surface area (Å²) in [5.74, 6) is -5.85. The van der Waals surface area contributed by atoms with Crippen molar-refractivity contribution in [1.29, 1.82) is 0 Å². The molecule has 10 nitrogen and oxygen atoms in total. The number of carbonyl (C=O) groups is 1. The fraction of sp³-hybridized carbons (Fsp3) is 0.385. The first-order valence-corrected chi connectivity index (χ1v) is 13.9. The van der Waals surface area contributed by atoms with E-state index in [0.717, 1.165) is 35.6 Å². The Morgan fingerprint density at radius 3 is 2.35 bits per heavy atom. The molecule has 0 aliphatic carbocycles. The lowest BCUT2D eigenvalue weighted by atomic mass is 10.0. The van der Waals surface area contributed by atoms with E-state index >= 15 is 0 Å². The highest BCUT2D eigenvalue weighted by molar-refractivity contribution is 7.22. The summed E-state index contributed by atoms with van der Waals surface area (Å²) in [6, 6.07) is 5.61. The van der Waals surface area contributed by atoms with Gasteiger partial charge in [0.25, 0.3) is 0 Å². The summed E-state index contributed by atoms with van der Waals surface area (Å²) in [7, 11) is 0. The number of alkyl halides is 9. The number of hydrogen-bond acceptors (Lipinski definition) is 10. The molecule has 5 rings (SSSR count). The van der Waals surface area contributed by atoms with Gasteiger partial charge in [-0.25, -0.2) is 14.6 Å². The van der Waals surface area contributed by atoms with Crippen LogP contribution in [0.3, 0.4) is 0 Å². The van der Waals surface area contributed by atoms with Gasteiger partial charge in [0, 0.05) is 38.3 Å². The van der Waals surface area contributed by atoms with Gasteiger partial charge >= 0.3 is 30.3 Å². The second-order valence-electron chi connectivity index (χ2n) is 9.87. The number of fused-ring (bicyclic) bond motifs is 1. The van der Waals surface area contributed by atoms with Crippen LogP contribution in [0, 0.1) is 0 Å². The minimum Gasteiger partial charge on any atom is -0.379 e. The zero-order valence-electron chi connectivity index (χ0n) is 23.0. The van der Waals surface area contributed by atoms with E-state index in [-0.39, 0.29) is 34.0 Å². The number of thiazole rings is 1. The molecule has 0 bridgehead atoms. The third kappa shape index (κ3) is 7.44. The second-order valence-corrected chi connectivity index (χ2v) is 10.9. The lowest BCUT2D eigenvalue weighted by Gasteiger charge is -2.30. The molecule has 248 valence electrons. The maximum absolute atomic E-state index is 14.3. The van der Waals surface area contributed by atoms with Gasteiger partial charge in [-0.3, -0.25) is 9.42 Å². The molecule has 4 aromatic rings. The van der Waals surface area contributed by atoms with E-state index in [1.807, 2.05) is 4.90 Å². The van der Waals surface area contributed by atoms with Crippen molar-refractivity contribution in [2.75, 3.05) is 44.3 Å². The Morgan fingerprint density at radius 2 is 1.70 bits per heavy atom. The van der Waals surface area contributed by atoms with E-state index in [1.54, 1.807) is 4.90 Å². The van der Waals surface area contributed by atoms with Gasteiger partial charge in [-0.05, 0) is 29.8 Å². The zero-order valence-corrected chi connectivity index (χ0v) is 23.8. The number of morpholine rings is 1. The zero-order chi connectivity index (χ0) is 33.4. The van der Waals surface area contributed by atoms with Crippen LogP contribution < -0.4 is 15.5 Å². The van der Waals surface area contributed by atoms with Crippen molar-refractivity contribution in [3.8, 4) is 11.4 Å². The molecule has 1 saturated heterocycles. The molecule has 46 heavy (non-hydrogen) atoms. The largest absolute Gasteiger partial charge is 0.493 e. The fourth-order valence-electron chi connectivity index (χ4n) is 4.51. The molecular weight excluding hydrogens is 665 g/mol. The number of anilines is 1. The number of hydrogen-bond donors (Lipinski definition) is 0. The second kappa shape index (κ2) is 12.6. The van der Waals surface area contributed by atoms with E-state index in [1.165, 1.54) is 6.07 Å². The van der Waals surface area contributed by atoms with Crippen LogP contribution >= 0.6 is 11.3 Å². The number of carbonyl (C=O) groups excluding carboxylic acids is 1. The third-order valence-corrected chi connectivity index (χ3v) is 7.82. The summed E-state index contributed by atoms with van der Waals surface area (Å²) in [6.45, 7) is 2.46. The summed E-state index contributed by atoms with van der Waals surface area (Å²) in [5, 5.41) is 3.31. The minimum atomic E-state index is -5.59. The van der Waals surface area contributed by atoms with Crippen molar-refractivity contribution >= 4 is 32.7 Å². The SMILES string of the molecule is O=C(On1c(-c2ccc(CN(CCN3CCOCC3)c3nc4ccc(C(F)(F)F)cc4s3)cc2C(F)(F)F)noc1=O)C(F)(F)F. The lowest BCUT2D eigenvalue weighted by molar-refractivity contribution is -0.200. The van der Waals surface area contributed by atoms with Gasteiger partial charge < -0.3 is 14.5 Å². The highest BCUT2D eigenvalue weighted by atomic mass is 32.1. The quantitative estimate of drug-likeness (QED) is 0.237. The standard InChI is InChI=1S/C26H20F9N5O5S/c27-24(28,29)15-2-4-18-19(12-15)46-22(36-18)39(6-5-38-7-9-43-10-8-38)13-14-1-3-16(17(11-14)25(30,31)32)20-37-44-23(42)40(20)45-21(41)26(33,34)35/h1-4,11-12H,5-10,13H2. The number of halogens is 9. The van der Waals surface area contributed by atoms with Crippen molar-refractivity contribution in [2.45, 2.75) is 25.1 Å². The first-order valence-electron chi connectivity index (χ1n) is 13.1. The number of aromatic nitrogens is 3. The molecule has 0 spiro atoms. The molecule has 0 N–H and O–H groups in total. The average Bonchev–Trinajstić information content (AvgIpc) is 3.57. The van der Waals surface area contributed by atoms with Gasteiger partial charge in [0.15, 0.2) is 5.13 Å². The molecule has 1 aliphatic heterocycles. The maximum atomic E-state index is 14.3. The first-order chi connectivity index (χ1) is 21.5. The summed E-state index contributed by atoms with van der Waals surface area (Å²) < 4.78 is 130. The topological polar surface area (TPSA) is 103 Å². The van der Waals surface area contributed by atoms with Crippen molar-refractivity contribution in [3.05, 3.63) is 63.6 Å². The van der Waals surface area contributed by atoms with Crippen molar-refractivity contribution in [3.63, 3.8) is 0 Å². The van der Waals surface area contributed by atoms with Gasteiger partial charge in [-0.15, -0.1) is 0 Å². The third-order valence-electron chi connectivity index (χ3n) is 6.74. The molecule has 0 atom stereocenters. The van der Waals surface area contributed by atoms with Crippen LogP contribution in [0.25, 0.3) is 21.6 Å². The van der Waals surface area contributed by atoms with Crippen LogP contribution in [0.4, 0.5) is 44.6 Å². The Labute approximate surface area is 255 Å². The molecular formula is C26H20F9N5O5S. The van der Waals surface area contributed by atoms with Gasteiger partial charge in [0.2, 0.25) is 5.82 Å². The molecule has 0 amide bonds. The minimum absolute atomic E-state index is 0.0120. The average molecular weight is 686 g/mol. The van der Waals surface area contributed by atoms with Gasteiger partial charge in [0.05, 0.1) is 34.6 Å². The van der Waals surface area contributed by atoms with Crippen LogP contribution in [0.2, 0.25) is 0 Å². The van der Waals surface area contributed by atoms with Gasteiger partial charge in [0.1, 0.15) is 0 Å². The Morgan fingerprint density at radius 1 is 0.978 bits per heavy atom. The van der Waals surface area contributed by atoms with E-state index in [2.05, 4.69) is 19.5 Å². The molecule has 2 aromatic heterocycles. The van der Waals surface area contributed by atoms with Crippen LogP contribution in [-0.2, 0) is 28.4 Å². The highest BCUT2D eigenvalue weighted by Gasteiger charge is 2.43. The number of nitrogens with zero attached hydrogens (tertiary/aromatic N) is 5. The Bertz CT molecular complexity index is 1770. The Hall–Kier alpha value is -4.17. The van der Waals surface area contributed by atoms with E-state index in [0.29, 0.717) is 38.9 Å². The molecule has 2 aromatic carbocycles. The first kappa shape index (κ1) is 33.2. The van der Waals surface area contributed by atoms with Crippen molar-refractivity contribution in [1.82, 2.24) is 19.8 Å². The smallest absolute Gasteiger partial charge is 0.379 e. The highest BCUT2D eigenvalue weighted by Crippen LogP contribution is 2.39. The normalized spacial score (nSPS) is 15.0. The molecule has 1 fully saturated rings. The number of ether oxygens (including phenoxy) is 1. The molecule has 0 radical (unpaired) electrons. The predicted octanol–water partition coefficient (Wildman–Crippen LogP) is 5.01. The molecule has 3 heterocycles. The van der Waals surface area contributed by atoms with Gasteiger partial charge in [-0.2, -0.15) is 39.5 Å². The van der Waals surface area contributed by atoms with Crippen LogP contribution in [-0.4, -0.2) is 71.3 Å². The van der Waals surface area contributed by atoms with Gasteiger partial charge in [-0.1, -0.05) is 33.4 Å². The van der Waals surface area contributed by atoms with Crippen LogP contribution in [0.5, 0.6) is 0 Å². The van der Waals surface area contributed by atoms with E-state index in [4.69, 9.17) is 4.74 Å². The molecule has 0 saturated carbocycles. The monoisotopic (exact) mass is 685 g/mol. The molecule has 20 heteroatoms. The van der Waals surface area contributed by atoms with Crippen molar-refractivity contribution < 1.29 is 58.4 Å². The van der Waals surface area contributed by atoms with Crippen LogP contribution in [0.15, 0.2) is 45.7 Å². The fourth-order valence-corrected chi connectivity index (χ4v) is 5.54. The lowest BCUT2D eigenvalue weighted by Crippen LogP contribution is -2.41. The molecule has 1 aliphatic rings. The molecule has 0 unspecified atom stereocenters. The Balaban J connectivity index is 1.51. The summed E-state index contributed by atoms with van der Waals surface area (Å²) in [4.78, 5) is 35.1. The summed E-state index contributed by atoms with van der Waals surface area (Å²) in [6.07, 6.45) is -15.4. The summed E-state index contributed by atoms with van der Waals surface area (Å²) >= 11 is 0.912. The van der Waals surface area contributed by atoms with E-state index < -0.39 is 57.5 Å². The number of rotatable bonds is 8. The van der Waals surface area contributed by atoms with E-state index in [9.17, 15) is 49.1 Å². The number of benzene rings is 2. The predicted molar refractivity (Wildman–Crippen MR) is 142 cm³/mol.